The molecule has 0 bridgehead atoms. The number of likely N-dealkylation sites (tertiary alicyclic amines) is 1. The van der Waals surface area contributed by atoms with Crippen LogP contribution < -0.4 is 10.1 Å². The summed E-state index contributed by atoms with van der Waals surface area (Å²) in [7, 11) is 0. The first kappa shape index (κ1) is 17.0. The van der Waals surface area contributed by atoms with Crippen molar-refractivity contribution in [2.75, 3.05) is 19.6 Å². The van der Waals surface area contributed by atoms with Gasteiger partial charge in [-0.15, -0.1) is 0 Å². The van der Waals surface area contributed by atoms with Crippen molar-refractivity contribution < 1.29 is 31.9 Å². The summed E-state index contributed by atoms with van der Waals surface area (Å²) in [5, 5.41) is 2.32. The fraction of sp³-hybridized carbons (Fsp3) is 0.429. The van der Waals surface area contributed by atoms with Gasteiger partial charge in [-0.25, -0.2) is 8.78 Å². The van der Waals surface area contributed by atoms with E-state index in [2.05, 4.69) is 10.1 Å². The molecular formula is C14H14F4N2O3. The lowest BCUT2D eigenvalue weighted by Gasteiger charge is -2.38. The highest BCUT2D eigenvalue weighted by Crippen LogP contribution is 2.25. The van der Waals surface area contributed by atoms with E-state index < -0.39 is 35.5 Å². The molecule has 5 nitrogen and oxygen atoms in total. The number of halogens is 4. The van der Waals surface area contributed by atoms with E-state index in [1.165, 1.54) is 6.92 Å². The van der Waals surface area contributed by atoms with Crippen molar-refractivity contribution in [3.63, 3.8) is 0 Å². The van der Waals surface area contributed by atoms with Gasteiger partial charge in [0.1, 0.15) is 11.4 Å². The molecule has 2 amide bonds. The van der Waals surface area contributed by atoms with E-state index in [-0.39, 0.29) is 18.4 Å². The highest BCUT2D eigenvalue weighted by atomic mass is 19.3. The summed E-state index contributed by atoms with van der Waals surface area (Å²) in [5.41, 5.74) is -0.981. The number of benzene rings is 1. The average molecular weight is 334 g/mol. The molecule has 1 aromatic carbocycles. The van der Waals surface area contributed by atoms with E-state index in [0.717, 1.165) is 0 Å². The number of carbonyl (C=O) groups is 2. The van der Waals surface area contributed by atoms with Crippen LogP contribution in [0.25, 0.3) is 0 Å². The fourth-order valence-electron chi connectivity index (χ4n) is 2.21. The van der Waals surface area contributed by atoms with Crippen molar-refractivity contribution in [2.45, 2.75) is 13.5 Å². The van der Waals surface area contributed by atoms with Crippen LogP contribution in [0.4, 0.5) is 17.6 Å². The van der Waals surface area contributed by atoms with Crippen LogP contribution in [0, 0.1) is 17.6 Å². The van der Waals surface area contributed by atoms with E-state index >= 15 is 0 Å². The van der Waals surface area contributed by atoms with Crippen LogP contribution in [0.3, 0.4) is 0 Å². The highest BCUT2D eigenvalue weighted by molar-refractivity contribution is 5.95. The molecule has 1 aromatic rings. The van der Waals surface area contributed by atoms with E-state index in [1.807, 2.05) is 0 Å². The van der Waals surface area contributed by atoms with Gasteiger partial charge in [0.05, 0.1) is 0 Å². The van der Waals surface area contributed by atoms with Gasteiger partial charge >= 0.3 is 6.61 Å². The Morgan fingerprint density at radius 1 is 1.35 bits per heavy atom. The number of nitrogens with one attached hydrogen (secondary N) is 1. The van der Waals surface area contributed by atoms with Crippen molar-refractivity contribution in [1.82, 2.24) is 10.2 Å². The third kappa shape index (κ3) is 3.91. The number of nitrogens with zero attached hydrogens (tertiary/aromatic N) is 1. The second-order valence-electron chi connectivity index (χ2n) is 5.11. The molecule has 23 heavy (non-hydrogen) atoms. The predicted octanol–water partition coefficient (Wildman–Crippen LogP) is 1.77. The van der Waals surface area contributed by atoms with Gasteiger partial charge < -0.3 is 15.0 Å². The van der Waals surface area contributed by atoms with E-state index in [9.17, 15) is 27.2 Å². The highest BCUT2D eigenvalue weighted by Gasteiger charge is 2.29. The number of hydrogen-bond donors (Lipinski definition) is 1. The van der Waals surface area contributed by atoms with E-state index in [0.29, 0.717) is 25.2 Å². The third-order valence-electron chi connectivity index (χ3n) is 3.45. The number of carbonyl (C=O) groups excluding carboxylic acids is 2. The standard InChI is InChI=1S/C14H14F4N2O3/c1-7(21)20-5-8(6-20)4-19-13(22)11-9(15)2-3-10(12(11)16)23-14(17)18/h2-3,8,14H,4-6H2,1H3,(H,19,22). The first-order valence-electron chi connectivity index (χ1n) is 6.76. The molecule has 1 aliphatic heterocycles. The second-order valence-corrected chi connectivity index (χ2v) is 5.11. The van der Waals surface area contributed by atoms with Gasteiger partial charge in [-0.1, -0.05) is 0 Å². The van der Waals surface area contributed by atoms with Gasteiger partial charge in [0.25, 0.3) is 5.91 Å². The summed E-state index contributed by atoms with van der Waals surface area (Å²) in [6.45, 7) is -0.891. The first-order valence-corrected chi connectivity index (χ1v) is 6.76. The summed E-state index contributed by atoms with van der Waals surface area (Å²) >= 11 is 0. The zero-order valence-corrected chi connectivity index (χ0v) is 12.1. The van der Waals surface area contributed by atoms with Crippen molar-refractivity contribution >= 4 is 11.8 Å². The van der Waals surface area contributed by atoms with Gasteiger partial charge in [0, 0.05) is 32.5 Å². The number of alkyl halides is 2. The van der Waals surface area contributed by atoms with Crippen molar-refractivity contribution in [3.8, 4) is 5.75 Å². The van der Waals surface area contributed by atoms with Crippen LogP contribution in [-0.2, 0) is 4.79 Å². The summed E-state index contributed by atoms with van der Waals surface area (Å²) in [5.74, 6) is -4.75. The summed E-state index contributed by atoms with van der Waals surface area (Å²) < 4.78 is 55.7. The zero-order chi connectivity index (χ0) is 17.1. The van der Waals surface area contributed by atoms with Crippen molar-refractivity contribution in [3.05, 3.63) is 29.3 Å². The number of ether oxygens (including phenoxy) is 1. The quantitative estimate of drug-likeness (QED) is 0.835. The molecule has 1 fully saturated rings. The van der Waals surface area contributed by atoms with Crippen molar-refractivity contribution in [2.24, 2.45) is 5.92 Å². The molecule has 0 aromatic heterocycles. The van der Waals surface area contributed by atoms with Crippen LogP contribution in [0.2, 0.25) is 0 Å². The lowest BCUT2D eigenvalue weighted by Crippen LogP contribution is -2.53. The number of amides is 2. The minimum atomic E-state index is -3.29. The molecule has 0 atom stereocenters. The first-order chi connectivity index (χ1) is 10.8. The monoisotopic (exact) mass is 334 g/mol. The Kier molecular flexibility index (Phi) is 5.07. The Balaban J connectivity index is 2.00. The Hall–Kier alpha value is -2.32. The molecule has 0 saturated carbocycles. The van der Waals surface area contributed by atoms with E-state index in [4.69, 9.17) is 0 Å². The molecular weight excluding hydrogens is 320 g/mol. The van der Waals surface area contributed by atoms with Crippen LogP contribution in [0.1, 0.15) is 17.3 Å². The maximum atomic E-state index is 13.9. The largest absolute Gasteiger partial charge is 0.432 e. The molecule has 0 unspecified atom stereocenters. The molecule has 1 N–H and O–H groups in total. The maximum Gasteiger partial charge on any atom is 0.387 e. The molecule has 126 valence electrons. The molecule has 1 heterocycles. The fourth-order valence-corrected chi connectivity index (χ4v) is 2.21. The van der Waals surface area contributed by atoms with Crippen LogP contribution >= 0.6 is 0 Å². The molecule has 0 radical (unpaired) electrons. The molecule has 9 heteroatoms. The Bertz CT molecular complexity index is 618. The number of rotatable bonds is 5. The maximum absolute atomic E-state index is 13.9. The van der Waals surface area contributed by atoms with Crippen LogP contribution in [-0.4, -0.2) is 43.0 Å². The van der Waals surface area contributed by atoms with Gasteiger partial charge in [-0.2, -0.15) is 8.78 Å². The van der Waals surface area contributed by atoms with Gasteiger partial charge in [-0.3, -0.25) is 9.59 Å². The minimum absolute atomic E-state index is 0.0190. The van der Waals surface area contributed by atoms with Gasteiger partial charge in [-0.05, 0) is 12.1 Å². The smallest absolute Gasteiger partial charge is 0.387 e. The average Bonchev–Trinajstić information content (AvgIpc) is 2.39. The molecule has 1 saturated heterocycles. The summed E-state index contributed by atoms with van der Waals surface area (Å²) in [4.78, 5) is 24.4. The van der Waals surface area contributed by atoms with Gasteiger partial charge in [0.2, 0.25) is 5.91 Å². The van der Waals surface area contributed by atoms with Crippen LogP contribution in [0.5, 0.6) is 5.75 Å². The molecule has 0 spiro atoms. The molecule has 2 rings (SSSR count). The normalized spacial score (nSPS) is 14.6. The van der Waals surface area contributed by atoms with Crippen molar-refractivity contribution in [1.29, 1.82) is 0 Å². The lowest BCUT2D eigenvalue weighted by molar-refractivity contribution is -0.134. The van der Waals surface area contributed by atoms with Crippen LogP contribution in [0.15, 0.2) is 12.1 Å². The predicted molar refractivity (Wildman–Crippen MR) is 71.1 cm³/mol. The SMILES string of the molecule is CC(=O)N1CC(CNC(=O)c2c(F)ccc(OC(F)F)c2F)C1. The molecule has 0 aliphatic carbocycles. The van der Waals surface area contributed by atoms with E-state index in [1.54, 1.807) is 4.90 Å². The molecule has 1 aliphatic rings. The summed E-state index contributed by atoms with van der Waals surface area (Å²) in [6.07, 6.45) is 0. The Morgan fingerprint density at radius 2 is 2.00 bits per heavy atom. The Morgan fingerprint density at radius 3 is 2.57 bits per heavy atom. The topological polar surface area (TPSA) is 58.6 Å². The number of hydrogen-bond acceptors (Lipinski definition) is 3. The third-order valence-corrected chi connectivity index (χ3v) is 3.45. The lowest BCUT2D eigenvalue weighted by atomic mass is 10.00. The second kappa shape index (κ2) is 6.84. The zero-order valence-electron chi connectivity index (χ0n) is 12.1. The summed E-state index contributed by atoms with van der Waals surface area (Å²) in [6, 6.07) is 1.36. The minimum Gasteiger partial charge on any atom is -0.432 e. The van der Waals surface area contributed by atoms with Gasteiger partial charge in [0.15, 0.2) is 11.6 Å². The Labute approximate surface area is 129 Å².